The number of carbonyl (C=O) groups excluding carboxylic acids is 1. The summed E-state index contributed by atoms with van der Waals surface area (Å²) >= 11 is 7.54. The first-order valence-electron chi connectivity index (χ1n) is 6.20. The highest BCUT2D eigenvalue weighted by molar-refractivity contribution is 9.10. The van der Waals surface area contributed by atoms with Crippen molar-refractivity contribution in [3.8, 4) is 11.1 Å². The van der Waals surface area contributed by atoms with Crippen molar-refractivity contribution in [2.75, 3.05) is 5.75 Å². The smallest absolute Gasteiger partial charge is 0.146 e. The van der Waals surface area contributed by atoms with Gasteiger partial charge in [0.15, 0.2) is 0 Å². The fourth-order valence-electron chi connectivity index (χ4n) is 2.63. The van der Waals surface area contributed by atoms with Gasteiger partial charge in [-0.2, -0.15) is 12.6 Å². The molecule has 96 valence electrons. The van der Waals surface area contributed by atoms with Gasteiger partial charge >= 0.3 is 0 Å². The Morgan fingerprint density at radius 1 is 1.11 bits per heavy atom. The van der Waals surface area contributed by atoms with Crippen LogP contribution in [0.2, 0.25) is 0 Å². The molecule has 0 fully saturated rings. The molecule has 0 atom stereocenters. The quantitative estimate of drug-likeness (QED) is 0.715. The average molecular weight is 333 g/mol. The van der Waals surface area contributed by atoms with Crippen LogP contribution in [-0.2, 0) is 17.6 Å². The lowest BCUT2D eigenvalue weighted by Crippen LogP contribution is -2.04. The van der Waals surface area contributed by atoms with Gasteiger partial charge in [0.2, 0.25) is 0 Å². The van der Waals surface area contributed by atoms with Crippen LogP contribution in [0.4, 0.5) is 0 Å². The molecule has 0 N–H and O–H groups in total. The van der Waals surface area contributed by atoms with Gasteiger partial charge in [0.1, 0.15) is 5.78 Å². The molecule has 0 bridgehead atoms. The fraction of sp³-hybridized carbons (Fsp3) is 0.188. The molecule has 19 heavy (non-hydrogen) atoms. The van der Waals surface area contributed by atoms with Gasteiger partial charge in [-0.15, -0.1) is 0 Å². The molecule has 0 unspecified atom stereocenters. The van der Waals surface area contributed by atoms with Crippen LogP contribution >= 0.6 is 28.6 Å². The summed E-state index contributed by atoms with van der Waals surface area (Å²) in [6.45, 7) is 0. The van der Waals surface area contributed by atoms with Gasteiger partial charge in [-0.25, -0.2) is 0 Å². The number of Topliss-reactive ketones (excluding diaryl/α,β-unsaturated/α-hetero) is 1. The third kappa shape index (κ3) is 2.49. The summed E-state index contributed by atoms with van der Waals surface area (Å²) in [5.74, 6) is 0.478. The predicted octanol–water partition coefficient (Wildman–Crippen LogP) is 4.06. The fourth-order valence-corrected chi connectivity index (χ4v) is 3.15. The normalized spacial score (nSPS) is 12.1. The molecule has 3 heteroatoms. The number of hydrogen-bond acceptors (Lipinski definition) is 2. The number of ketones is 1. The van der Waals surface area contributed by atoms with Gasteiger partial charge in [-0.05, 0) is 46.4 Å². The summed E-state index contributed by atoms with van der Waals surface area (Å²) in [7, 11) is 0. The van der Waals surface area contributed by atoms with Crippen molar-refractivity contribution in [3.05, 3.63) is 57.6 Å². The molecular formula is C16H13BrOS. The van der Waals surface area contributed by atoms with E-state index in [1.165, 1.54) is 22.3 Å². The Bertz CT molecular complexity index is 664. The maximum absolute atomic E-state index is 11.5. The van der Waals surface area contributed by atoms with Crippen molar-refractivity contribution in [1.82, 2.24) is 0 Å². The van der Waals surface area contributed by atoms with Crippen molar-refractivity contribution >= 4 is 34.3 Å². The summed E-state index contributed by atoms with van der Waals surface area (Å²) in [6, 6.07) is 12.8. The molecular weight excluding hydrogens is 320 g/mol. The standard InChI is InChI=1S/C16H13BrOS/c17-13-2-4-16-12(8-13)7-11-5-10(1-3-15(11)16)6-14(18)9-19/h1-5,8,19H,6-7,9H2. The monoisotopic (exact) mass is 332 g/mol. The molecule has 0 heterocycles. The molecule has 0 amide bonds. The third-order valence-corrected chi connectivity index (χ3v) is 4.33. The van der Waals surface area contributed by atoms with Gasteiger partial charge in [0, 0.05) is 16.6 Å². The maximum atomic E-state index is 11.5. The highest BCUT2D eigenvalue weighted by Gasteiger charge is 2.18. The lowest BCUT2D eigenvalue weighted by atomic mass is 10.0. The minimum Gasteiger partial charge on any atom is -0.298 e. The summed E-state index contributed by atoms with van der Waals surface area (Å²) < 4.78 is 1.12. The minimum absolute atomic E-state index is 0.168. The average Bonchev–Trinajstić information content (AvgIpc) is 2.74. The first-order valence-corrected chi connectivity index (χ1v) is 7.63. The van der Waals surface area contributed by atoms with Crippen LogP contribution in [0.25, 0.3) is 11.1 Å². The van der Waals surface area contributed by atoms with E-state index in [9.17, 15) is 4.79 Å². The van der Waals surface area contributed by atoms with Crippen LogP contribution in [0, 0.1) is 0 Å². The Morgan fingerprint density at radius 2 is 1.79 bits per heavy atom. The Hall–Kier alpha value is -1.06. The Labute approximate surface area is 126 Å². The van der Waals surface area contributed by atoms with Crippen LogP contribution in [0.3, 0.4) is 0 Å². The number of rotatable bonds is 3. The topological polar surface area (TPSA) is 17.1 Å². The molecule has 0 aromatic heterocycles. The molecule has 0 aliphatic heterocycles. The number of fused-ring (bicyclic) bond motifs is 3. The molecule has 2 aromatic rings. The molecule has 0 saturated heterocycles. The van der Waals surface area contributed by atoms with E-state index in [2.05, 4.69) is 65.0 Å². The molecule has 0 spiro atoms. The summed E-state index contributed by atoms with van der Waals surface area (Å²) in [5, 5.41) is 0. The van der Waals surface area contributed by atoms with E-state index in [0.29, 0.717) is 12.2 Å². The summed E-state index contributed by atoms with van der Waals surface area (Å²) in [6.07, 6.45) is 1.43. The molecule has 1 nitrogen and oxygen atoms in total. The summed E-state index contributed by atoms with van der Waals surface area (Å²) in [4.78, 5) is 11.5. The van der Waals surface area contributed by atoms with Crippen LogP contribution in [0.5, 0.6) is 0 Å². The number of benzene rings is 2. The van der Waals surface area contributed by atoms with E-state index in [-0.39, 0.29) is 5.78 Å². The van der Waals surface area contributed by atoms with E-state index in [1.54, 1.807) is 0 Å². The van der Waals surface area contributed by atoms with Crippen LogP contribution in [0.15, 0.2) is 40.9 Å². The zero-order chi connectivity index (χ0) is 13.4. The van der Waals surface area contributed by atoms with E-state index >= 15 is 0 Å². The SMILES string of the molecule is O=C(CS)Cc1ccc2c(c1)Cc1cc(Br)ccc1-2. The van der Waals surface area contributed by atoms with E-state index in [0.717, 1.165) is 16.5 Å². The lowest BCUT2D eigenvalue weighted by Gasteiger charge is -2.04. The number of hydrogen-bond donors (Lipinski definition) is 1. The molecule has 3 rings (SSSR count). The third-order valence-electron chi connectivity index (χ3n) is 3.49. The van der Waals surface area contributed by atoms with E-state index < -0.39 is 0 Å². The van der Waals surface area contributed by atoms with Gasteiger partial charge in [0.25, 0.3) is 0 Å². The van der Waals surface area contributed by atoms with Gasteiger partial charge < -0.3 is 0 Å². The van der Waals surface area contributed by atoms with E-state index in [4.69, 9.17) is 0 Å². The van der Waals surface area contributed by atoms with Crippen LogP contribution < -0.4 is 0 Å². The van der Waals surface area contributed by atoms with Gasteiger partial charge in [0.05, 0.1) is 0 Å². The van der Waals surface area contributed by atoms with Crippen molar-refractivity contribution < 1.29 is 4.79 Å². The molecule has 2 aromatic carbocycles. The summed E-state index contributed by atoms with van der Waals surface area (Å²) in [5.41, 5.74) is 6.36. The molecule has 1 aliphatic carbocycles. The Morgan fingerprint density at radius 3 is 2.53 bits per heavy atom. The second-order valence-electron chi connectivity index (χ2n) is 4.84. The number of carbonyl (C=O) groups is 1. The first kappa shape index (κ1) is 12.9. The molecule has 1 aliphatic rings. The van der Waals surface area contributed by atoms with Crippen molar-refractivity contribution in [1.29, 1.82) is 0 Å². The maximum Gasteiger partial charge on any atom is 0.146 e. The first-order chi connectivity index (χ1) is 9.17. The van der Waals surface area contributed by atoms with Crippen molar-refractivity contribution in [2.24, 2.45) is 0 Å². The van der Waals surface area contributed by atoms with Gasteiger partial charge in [-0.1, -0.05) is 40.2 Å². The molecule has 0 saturated carbocycles. The Balaban J connectivity index is 1.96. The highest BCUT2D eigenvalue weighted by Crippen LogP contribution is 2.38. The largest absolute Gasteiger partial charge is 0.298 e. The van der Waals surface area contributed by atoms with Gasteiger partial charge in [-0.3, -0.25) is 4.79 Å². The Kier molecular flexibility index (Phi) is 3.50. The van der Waals surface area contributed by atoms with Crippen LogP contribution in [0.1, 0.15) is 16.7 Å². The zero-order valence-electron chi connectivity index (χ0n) is 10.3. The van der Waals surface area contributed by atoms with Crippen molar-refractivity contribution in [3.63, 3.8) is 0 Å². The minimum atomic E-state index is 0.168. The van der Waals surface area contributed by atoms with Crippen LogP contribution in [-0.4, -0.2) is 11.5 Å². The van der Waals surface area contributed by atoms with E-state index in [1.807, 2.05) is 0 Å². The second-order valence-corrected chi connectivity index (χ2v) is 6.08. The number of thiol groups is 1. The molecule has 0 radical (unpaired) electrons. The predicted molar refractivity (Wildman–Crippen MR) is 84.9 cm³/mol. The van der Waals surface area contributed by atoms with Crippen molar-refractivity contribution in [2.45, 2.75) is 12.8 Å². The zero-order valence-corrected chi connectivity index (χ0v) is 12.8. The second kappa shape index (κ2) is 5.14. The number of halogens is 1. The lowest BCUT2D eigenvalue weighted by molar-refractivity contribution is -0.115. The highest BCUT2D eigenvalue weighted by atomic mass is 79.9.